The lowest BCUT2D eigenvalue weighted by Gasteiger charge is -2.29. The molecule has 0 saturated heterocycles. The second kappa shape index (κ2) is 10.5. The zero-order valence-electron chi connectivity index (χ0n) is 17.2. The zero-order chi connectivity index (χ0) is 20.5. The van der Waals surface area contributed by atoms with Gasteiger partial charge in [-0.15, -0.1) is 0 Å². The van der Waals surface area contributed by atoms with E-state index in [2.05, 4.69) is 5.32 Å². The Bertz CT molecular complexity index is 787. The lowest BCUT2D eigenvalue weighted by atomic mass is 10.0. The van der Waals surface area contributed by atoms with Crippen LogP contribution in [0.2, 0.25) is 0 Å². The highest BCUT2D eigenvalue weighted by atomic mass is 16.5. The molecule has 0 bridgehead atoms. The van der Waals surface area contributed by atoms with Crippen molar-refractivity contribution in [3.05, 3.63) is 65.2 Å². The van der Waals surface area contributed by atoms with Crippen LogP contribution in [0.4, 0.5) is 0 Å². The van der Waals surface area contributed by atoms with Gasteiger partial charge in [0.2, 0.25) is 11.8 Å². The molecular formula is C23H30N2O3. The van der Waals surface area contributed by atoms with E-state index >= 15 is 0 Å². The molecule has 2 aromatic rings. The number of hydrogen-bond donors (Lipinski definition) is 1. The number of methoxy groups -OCH3 is 1. The molecule has 1 unspecified atom stereocenters. The molecule has 0 heterocycles. The Kier molecular flexibility index (Phi) is 8.05. The van der Waals surface area contributed by atoms with Crippen LogP contribution in [0.15, 0.2) is 48.5 Å². The summed E-state index contributed by atoms with van der Waals surface area (Å²) in [6, 6.07) is 14.9. The molecule has 0 aliphatic heterocycles. The summed E-state index contributed by atoms with van der Waals surface area (Å²) in [4.78, 5) is 27.3. The van der Waals surface area contributed by atoms with Gasteiger partial charge in [-0.25, -0.2) is 0 Å². The summed E-state index contributed by atoms with van der Waals surface area (Å²) in [5.74, 6) is 0.563. The van der Waals surface area contributed by atoms with Gasteiger partial charge in [0.15, 0.2) is 0 Å². The number of nitrogens with zero attached hydrogens (tertiary/aromatic N) is 1. The van der Waals surface area contributed by atoms with Crippen molar-refractivity contribution in [3.8, 4) is 5.75 Å². The molecule has 2 rings (SSSR count). The predicted molar refractivity (Wildman–Crippen MR) is 111 cm³/mol. The largest absolute Gasteiger partial charge is 0.497 e. The highest BCUT2D eigenvalue weighted by Crippen LogP contribution is 2.17. The van der Waals surface area contributed by atoms with Gasteiger partial charge in [0.25, 0.3) is 0 Å². The maximum absolute atomic E-state index is 13.1. The first kappa shape index (κ1) is 21.5. The molecule has 28 heavy (non-hydrogen) atoms. The van der Waals surface area contributed by atoms with E-state index in [0.717, 1.165) is 28.9 Å². The van der Waals surface area contributed by atoms with E-state index in [1.165, 1.54) is 0 Å². The molecule has 0 aliphatic carbocycles. The van der Waals surface area contributed by atoms with Gasteiger partial charge >= 0.3 is 0 Å². The minimum atomic E-state index is -0.551. The number of benzene rings is 2. The van der Waals surface area contributed by atoms with Crippen LogP contribution in [0.5, 0.6) is 5.75 Å². The van der Waals surface area contributed by atoms with Crippen LogP contribution in [0.3, 0.4) is 0 Å². The van der Waals surface area contributed by atoms with E-state index in [4.69, 9.17) is 4.74 Å². The summed E-state index contributed by atoms with van der Waals surface area (Å²) in [5.41, 5.74) is 3.01. The fraction of sp³-hybridized carbons (Fsp3) is 0.391. The second-order valence-corrected chi connectivity index (χ2v) is 6.94. The Morgan fingerprint density at radius 2 is 1.79 bits per heavy atom. The molecule has 150 valence electrons. The van der Waals surface area contributed by atoms with E-state index in [1.807, 2.05) is 62.4 Å². The number of amides is 2. The topological polar surface area (TPSA) is 58.6 Å². The first-order chi connectivity index (χ1) is 13.5. The molecule has 0 spiro atoms. The lowest BCUT2D eigenvalue weighted by Crippen LogP contribution is -2.48. The number of ether oxygens (including phenoxy) is 1. The van der Waals surface area contributed by atoms with Crippen molar-refractivity contribution in [2.75, 3.05) is 13.7 Å². The van der Waals surface area contributed by atoms with Gasteiger partial charge in [-0.1, -0.05) is 43.3 Å². The van der Waals surface area contributed by atoms with Gasteiger partial charge in [-0.2, -0.15) is 0 Å². The van der Waals surface area contributed by atoms with Crippen LogP contribution in [0.25, 0.3) is 0 Å². The highest BCUT2D eigenvalue weighted by Gasteiger charge is 2.26. The number of carbonyl (C=O) groups excluding carboxylic acids is 2. The van der Waals surface area contributed by atoms with E-state index in [0.29, 0.717) is 13.1 Å². The summed E-state index contributed by atoms with van der Waals surface area (Å²) < 4.78 is 5.20. The van der Waals surface area contributed by atoms with Crippen molar-refractivity contribution in [1.29, 1.82) is 0 Å². The van der Waals surface area contributed by atoms with Gasteiger partial charge < -0.3 is 15.0 Å². The van der Waals surface area contributed by atoms with Crippen LogP contribution in [0, 0.1) is 6.92 Å². The predicted octanol–water partition coefficient (Wildman–Crippen LogP) is 3.49. The van der Waals surface area contributed by atoms with Crippen molar-refractivity contribution in [2.45, 2.75) is 46.2 Å². The fourth-order valence-electron chi connectivity index (χ4n) is 2.98. The Morgan fingerprint density at radius 3 is 2.39 bits per heavy atom. The second-order valence-electron chi connectivity index (χ2n) is 6.94. The quantitative estimate of drug-likeness (QED) is 0.722. The van der Waals surface area contributed by atoms with E-state index < -0.39 is 6.04 Å². The molecule has 0 saturated carbocycles. The summed E-state index contributed by atoms with van der Waals surface area (Å²) in [6.07, 6.45) is 1.13. The number of aryl methyl sites for hydroxylation is 1. The SMILES string of the molecule is CCCNC(=O)C(C)N(Cc1ccc(OC)cc1)C(=O)Cc1ccccc1C. The average Bonchev–Trinajstić information content (AvgIpc) is 2.71. The van der Waals surface area contributed by atoms with Gasteiger partial charge in [0.05, 0.1) is 13.5 Å². The van der Waals surface area contributed by atoms with Gasteiger partial charge in [-0.3, -0.25) is 9.59 Å². The molecule has 2 amide bonds. The number of rotatable bonds is 9. The first-order valence-electron chi connectivity index (χ1n) is 9.70. The van der Waals surface area contributed by atoms with Crippen LogP contribution >= 0.6 is 0 Å². The Morgan fingerprint density at radius 1 is 1.11 bits per heavy atom. The number of carbonyl (C=O) groups is 2. The monoisotopic (exact) mass is 382 g/mol. The number of nitrogens with one attached hydrogen (secondary N) is 1. The third kappa shape index (κ3) is 5.84. The lowest BCUT2D eigenvalue weighted by molar-refractivity contribution is -0.140. The van der Waals surface area contributed by atoms with E-state index in [-0.39, 0.29) is 18.2 Å². The molecule has 0 fully saturated rings. The Hall–Kier alpha value is -2.82. The molecule has 1 atom stereocenters. The van der Waals surface area contributed by atoms with Crippen LogP contribution in [0.1, 0.15) is 37.0 Å². The van der Waals surface area contributed by atoms with Gasteiger partial charge in [0, 0.05) is 13.1 Å². The average molecular weight is 383 g/mol. The zero-order valence-corrected chi connectivity index (χ0v) is 17.2. The summed E-state index contributed by atoms with van der Waals surface area (Å²) in [5, 5.41) is 2.89. The van der Waals surface area contributed by atoms with Crippen LogP contribution in [-0.4, -0.2) is 36.4 Å². The summed E-state index contributed by atoms with van der Waals surface area (Å²) in [7, 11) is 1.62. The molecule has 0 aliphatic rings. The maximum atomic E-state index is 13.1. The molecular weight excluding hydrogens is 352 g/mol. The minimum Gasteiger partial charge on any atom is -0.497 e. The fourth-order valence-corrected chi connectivity index (χ4v) is 2.98. The highest BCUT2D eigenvalue weighted by molar-refractivity contribution is 5.88. The van der Waals surface area contributed by atoms with Gasteiger partial charge in [0.1, 0.15) is 11.8 Å². The van der Waals surface area contributed by atoms with Crippen LogP contribution < -0.4 is 10.1 Å². The van der Waals surface area contributed by atoms with Crippen molar-refractivity contribution in [1.82, 2.24) is 10.2 Å². The molecule has 1 N–H and O–H groups in total. The Labute approximate surface area is 167 Å². The standard InChI is InChI=1S/C23H30N2O3/c1-5-14-24-23(27)18(3)25(16-19-10-12-21(28-4)13-11-19)22(26)15-20-9-7-6-8-17(20)2/h6-13,18H,5,14-16H2,1-4H3,(H,24,27). The van der Waals surface area contributed by atoms with Crippen molar-refractivity contribution in [3.63, 3.8) is 0 Å². The van der Waals surface area contributed by atoms with Gasteiger partial charge in [-0.05, 0) is 49.1 Å². The van der Waals surface area contributed by atoms with E-state index in [9.17, 15) is 9.59 Å². The first-order valence-corrected chi connectivity index (χ1v) is 9.70. The van der Waals surface area contributed by atoms with Crippen LogP contribution in [-0.2, 0) is 22.6 Å². The summed E-state index contributed by atoms with van der Waals surface area (Å²) in [6.45, 7) is 6.75. The van der Waals surface area contributed by atoms with Crippen molar-refractivity contribution in [2.24, 2.45) is 0 Å². The van der Waals surface area contributed by atoms with Crippen molar-refractivity contribution >= 4 is 11.8 Å². The smallest absolute Gasteiger partial charge is 0.242 e. The molecule has 5 heteroatoms. The molecule has 2 aromatic carbocycles. The molecule has 0 aromatic heterocycles. The summed E-state index contributed by atoms with van der Waals surface area (Å²) >= 11 is 0. The Balaban J connectivity index is 2.22. The van der Waals surface area contributed by atoms with E-state index in [1.54, 1.807) is 18.9 Å². The minimum absolute atomic E-state index is 0.0655. The molecule has 5 nitrogen and oxygen atoms in total. The number of hydrogen-bond acceptors (Lipinski definition) is 3. The third-order valence-corrected chi connectivity index (χ3v) is 4.83. The van der Waals surface area contributed by atoms with Crippen molar-refractivity contribution < 1.29 is 14.3 Å². The molecule has 0 radical (unpaired) electrons. The normalized spacial score (nSPS) is 11.6. The third-order valence-electron chi connectivity index (χ3n) is 4.83. The maximum Gasteiger partial charge on any atom is 0.242 e.